The summed E-state index contributed by atoms with van der Waals surface area (Å²) in [7, 11) is 0. The summed E-state index contributed by atoms with van der Waals surface area (Å²) in [4.78, 5) is 14.6. The van der Waals surface area contributed by atoms with Gasteiger partial charge in [0.1, 0.15) is 10.8 Å². The number of carbonyl (C=O) groups is 1. The summed E-state index contributed by atoms with van der Waals surface area (Å²) in [6, 6.07) is 9.05. The molecule has 0 saturated heterocycles. The van der Waals surface area contributed by atoms with E-state index >= 15 is 0 Å². The Morgan fingerprint density at radius 1 is 1.29 bits per heavy atom. The standard InChI is InChI=1S/C15H13Cl2N3O/c16-12-8-13(20-14(12)17)15(21)19-9-11-5-3-10(4-6-11)2-1-7-18/h3-6,8,20H,7,9,18H2,(H,19,21). The number of nitrogens with two attached hydrogens (primary N) is 1. The van der Waals surface area contributed by atoms with Gasteiger partial charge < -0.3 is 16.0 Å². The summed E-state index contributed by atoms with van der Waals surface area (Å²) in [6.07, 6.45) is 0. The first-order valence-electron chi connectivity index (χ1n) is 6.20. The van der Waals surface area contributed by atoms with Gasteiger partial charge in [-0.05, 0) is 23.8 Å². The van der Waals surface area contributed by atoms with Gasteiger partial charge in [-0.15, -0.1) is 0 Å². The van der Waals surface area contributed by atoms with Crippen LogP contribution < -0.4 is 11.1 Å². The highest BCUT2D eigenvalue weighted by molar-refractivity contribution is 6.41. The van der Waals surface area contributed by atoms with E-state index in [0.717, 1.165) is 11.1 Å². The van der Waals surface area contributed by atoms with E-state index in [1.54, 1.807) is 0 Å². The van der Waals surface area contributed by atoms with Crippen LogP contribution in [-0.2, 0) is 6.54 Å². The van der Waals surface area contributed by atoms with Gasteiger partial charge in [-0.3, -0.25) is 4.79 Å². The second-order valence-electron chi connectivity index (χ2n) is 4.23. The first kappa shape index (κ1) is 15.5. The van der Waals surface area contributed by atoms with Crippen LogP contribution >= 0.6 is 23.2 Å². The highest BCUT2D eigenvalue weighted by atomic mass is 35.5. The molecule has 4 N–H and O–H groups in total. The molecule has 0 radical (unpaired) electrons. The molecule has 108 valence electrons. The molecule has 4 nitrogen and oxygen atoms in total. The first-order valence-corrected chi connectivity index (χ1v) is 6.96. The number of carbonyl (C=O) groups excluding carboxylic acids is 1. The van der Waals surface area contributed by atoms with E-state index in [2.05, 4.69) is 22.1 Å². The van der Waals surface area contributed by atoms with Gasteiger partial charge in [0, 0.05) is 12.1 Å². The quantitative estimate of drug-likeness (QED) is 0.760. The zero-order chi connectivity index (χ0) is 15.2. The van der Waals surface area contributed by atoms with Crippen molar-refractivity contribution in [1.29, 1.82) is 0 Å². The minimum absolute atomic E-state index is 0.254. The molecule has 21 heavy (non-hydrogen) atoms. The maximum Gasteiger partial charge on any atom is 0.268 e. The minimum atomic E-state index is -0.268. The Morgan fingerprint density at radius 3 is 2.57 bits per heavy atom. The minimum Gasteiger partial charge on any atom is -0.347 e. The van der Waals surface area contributed by atoms with Gasteiger partial charge in [0.15, 0.2) is 0 Å². The third-order valence-electron chi connectivity index (χ3n) is 2.71. The molecule has 1 heterocycles. The van der Waals surface area contributed by atoms with Gasteiger partial charge in [-0.25, -0.2) is 0 Å². The number of benzene rings is 1. The molecule has 0 aliphatic heterocycles. The fourth-order valence-corrected chi connectivity index (χ4v) is 1.98. The first-order chi connectivity index (χ1) is 10.1. The highest BCUT2D eigenvalue weighted by Gasteiger charge is 2.10. The van der Waals surface area contributed by atoms with Gasteiger partial charge in [-0.1, -0.05) is 47.2 Å². The molecular weight excluding hydrogens is 309 g/mol. The average molecular weight is 322 g/mol. The van der Waals surface area contributed by atoms with Crippen LogP contribution in [0.15, 0.2) is 30.3 Å². The summed E-state index contributed by atoms with van der Waals surface area (Å²) in [5.74, 6) is 5.45. The van der Waals surface area contributed by atoms with E-state index in [-0.39, 0.29) is 11.1 Å². The van der Waals surface area contributed by atoms with E-state index in [1.165, 1.54) is 6.07 Å². The Bertz CT molecular complexity index is 676. The summed E-state index contributed by atoms with van der Waals surface area (Å²) in [5, 5.41) is 3.35. The maximum absolute atomic E-state index is 11.9. The molecule has 6 heteroatoms. The average Bonchev–Trinajstić information content (AvgIpc) is 2.83. The summed E-state index contributed by atoms with van der Waals surface area (Å²) < 4.78 is 0. The van der Waals surface area contributed by atoms with E-state index in [9.17, 15) is 4.79 Å². The lowest BCUT2D eigenvalue weighted by Gasteiger charge is -2.04. The van der Waals surface area contributed by atoms with Crippen molar-refractivity contribution in [3.05, 3.63) is 57.3 Å². The lowest BCUT2D eigenvalue weighted by atomic mass is 10.1. The summed E-state index contributed by atoms with van der Waals surface area (Å²) >= 11 is 11.5. The Balaban J connectivity index is 1.95. The molecule has 0 saturated carbocycles. The molecule has 0 spiro atoms. The van der Waals surface area contributed by atoms with Gasteiger partial charge in [0.25, 0.3) is 5.91 Å². The number of hydrogen-bond donors (Lipinski definition) is 3. The molecule has 0 unspecified atom stereocenters. The number of aromatic amines is 1. The Kier molecular flexibility index (Phi) is 5.29. The van der Waals surface area contributed by atoms with Crippen LogP contribution in [-0.4, -0.2) is 17.4 Å². The van der Waals surface area contributed by atoms with Gasteiger partial charge in [0.2, 0.25) is 0 Å². The third-order valence-corrected chi connectivity index (χ3v) is 3.40. The smallest absolute Gasteiger partial charge is 0.268 e. The van der Waals surface area contributed by atoms with Crippen LogP contribution in [0.2, 0.25) is 10.2 Å². The van der Waals surface area contributed by atoms with Crippen LogP contribution in [0.5, 0.6) is 0 Å². The largest absolute Gasteiger partial charge is 0.347 e. The molecule has 1 amide bonds. The predicted molar refractivity (Wildman–Crippen MR) is 84.4 cm³/mol. The van der Waals surface area contributed by atoms with Crippen molar-refractivity contribution in [2.75, 3.05) is 6.54 Å². The van der Waals surface area contributed by atoms with Gasteiger partial charge in [-0.2, -0.15) is 0 Å². The van der Waals surface area contributed by atoms with Crippen LogP contribution in [0.4, 0.5) is 0 Å². The molecular formula is C15H13Cl2N3O. The van der Waals surface area contributed by atoms with Crippen molar-refractivity contribution in [3.63, 3.8) is 0 Å². The van der Waals surface area contributed by atoms with Crippen LogP contribution in [0, 0.1) is 11.8 Å². The van der Waals surface area contributed by atoms with Crippen LogP contribution in [0.1, 0.15) is 21.6 Å². The molecule has 0 aliphatic carbocycles. The fraction of sp³-hybridized carbons (Fsp3) is 0.133. The van der Waals surface area contributed by atoms with E-state index in [1.807, 2.05) is 24.3 Å². The summed E-state index contributed by atoms with van der Waals surface area (Å²) in [5.41, 5.74) is 7.49. The lowest BCUT2D eigenvalue weighted by molar-refractivity contribution is 0.0946. The zero-order valence-corrected chi connectivity index (χ0v) is 12.6. The Hall–Kier alpha value is -1.93. The number of hydrogen-bond acceptors (Lipinski definition) is 2. The van der Waals surface area contributed by atoms with Crippen molar-refractivity contribution in [2.24, 2.45) is 5.73 Å². The van der Waals surface area contributed by atoms with Crippen molar-refractivity contribution < 1.29 is 4.79 Å². The second-order valence-corrected chi connectivity index (χ2v) is 5.02. The molecule has 2 aromatic rings. The third kappa shape index (κ3) is 4.27. The molecule has 2 rings (SSSR count). The zero-order valence-electron chi connectivity index (χ0n) is 11.0. The molecule has 0 aliphatic rings. The van der Waals surface area contributed by atoms with Gasteiger partial charge in [0.05, 0.1) is 11.6 Å². The van der Waals surface area contributed by atoms with Crippen molar-refractivity contribution in [1.82, 2.24) is 10.3 Å². The normalized spacial score (nSPS) is 9.86. The van der Waals surface area contributed by atoms with Gasteiger partial charge >= 0.3 is 0 Å². The number of H-pyrrole nitrogens is 1. The SMILES string of the molecule is NCC#Cc1ccc(CNC(=O)c2cc(Cl)c(Cl)[nH]2)cc1. The van der Waals surface area contributed by atoms with Crippen LogP contribution in [0.3, 0.4) is 0 Å². The molecule has 0 atom stereocenters. The number of nitrogens with one attached hydrogen (secondary N) is 2. The van der Waals surface area contributed by atoms with E-state index in [0.29, 0.717) is 23.8 Å². The van der Waals surface area contributed by atoms with Crippen molar-refractivity contribution >= 4 is 29.1 Å². The number of aromatic nitrogens is 1. The Labute approximate surface area is 132 Å². The highest BCUT2D eigenvalue weighted by Crippen LogP contribution is 2.21. The number of rotatable bonds is 3. The van der Waals surface area contributed by atoms with Crippen molar-refractivity contribution in [3.8, 4) is 11.8 Å². The van der Waals surface area contributed by atoms with E-state index < -0.39 is 0 Å². The molecule has 0 fully saturated rings. The molecule has 1 aromatic carbocycles. The molecule has 1 aromatic heterocycles. The molecule has 0 bridgehead atoms. The topological polar surface area (TPSA) is 70.9 Å². The monoisotopic (exact) mass is 321 g/mol. The van der Waals surface area contributed by atoms with E-state index in [4.69, 9.17) is 28.9 Å². The second kappa shape index (κ2) is 7.19. The number of halogens is 2. The predicted octanol–water partition coefficient (Wildman–Crippen LogP) is 2.56. The Morgan fingerprint density at radius 2 is 2.00 bits per heavy atom. The number of amides is 1. The van der Waals surface area contributed by atoms with Crippen molar-refractivity contribution in [2.45, 2.75) is 6.54 Å². The lowest BCUT2D eigenvalue weighted by Crippen LogP contribution is -2.23. The maximum atomic E-state index is 11.9. The summed E-state index contributed by atoms with van der Waals surface area (Å²) in [6.45, 7) is 0.733. The van der Waals surface area contributed by atoms with Crippen LogP contribution in [0.25, 0.3) is 0 Å². The fourth-order valence-electron chi connectivity index (χ4n) is 1.66.